The highest BCUT2D eigenvalue weighted by Gasteiger charge is 2.19. The Kier molecular flexibility index (Phi) is 4.66. The molecule has 1 aromatic carbocycles. The Morgan fingerprint density at radius 3 is 3.00 bits per heavy atom. The lowest BCUT2D eigenvalue weighted by atomic mass is 10.1. The van der Waals surface area contributed by atoms with Gasteiger partial charge in [-0.2, -0.15) is 11.8 Å². The van der Waals surface area contributed by atoms with Gasteiger partial charge >= 0.3 is 0 Å². The highest BCUT2D eigenvalue weighted by Crippen LogP contribution is 2.25. The summed E-state index contributed by atoms with van der Waals surface area (Å²) in [7, 11) is 0. The van der Waals surface area contributed by atoms with Crippen molar-refractivity contribution in [3.8, 4) is 0 Å². The zero-order valence-corrected chi connectivity index (χ0v) is 11.7. The first-order valence-corrected chi connectivity index (χ1v) is 7.41. The van der Waals surface area contributed by atoms with Gasteiger partial charge in [0.1, 0.15) is 5.02 Å². The quantitative estimate of drug-likeness (QED) is 0.685. The molecule has 1 heterocycles. The molecule has 0 radical (unpaired) electrons. The van der Waals surface area contributed by atoms with E-state index in [4.69, 9.17) is 11.6 Å². The lowest BCUT2D eigenvalue weighted by Gasteiger charge is -2.10. The van der Waals surface area contributed by atoms with Gasteiger partial charge < -0.3 is 5.32 Å². The number of hydrogen-bond acceptors (Lipinski definition) is 4. The van der Waals surface area contributed by atoms with E-state index in [1.54, 1.807) is 0 Å². The van der Waals surface area contributed by atoms with Crippen LogP contribution in [0.5, 0.6) is 0 Å². The minimum atomic E-state index is -0.591. The Morgan fingerprint density at radius 2 is 2.37 bits per heavy atom. The zero-order chi connectivity index (χ0) is 13.8. The van der Waals surface area contributed by atoms with Gasteiger partial charge in [0, 0.05) is 18.2 Å². The molecule has 0 bridgehead atoms. The van der Waals surface area contributed by atoms with Gasteiger partial charge in [0.05, 0.1) is 4.92 Å². The minimum absolute atomic E-state index is 0.0359. The fourth-order valence-electron chi connectivity index (χ4n) is 1.88. The van der Waals surface area contributed by atoms with Gasteiger partial charge in [-0.3, -0.25) is 14.9 Å². The standard InChI is InChI=1S/C12H13ClN2O3S/c13-10-2-1-9(5-11(10)15(17)18)12(16)14-6-8-3-4-19-7-8/h1-2,5,8H,3-4,6-7H2,(H,14,16). The molecule has 5 nitrogen and oxygen atoms in total. The molecule has 1 amide bonds. The largest absolute Gasteiger partial charge is 0.352 e. The Morgan fingerprint density at radius 1 is 1.58 bits per heavy atom. The predicted molar refractivity (Wildman–Crippen MR) is 75.9 cm³/mol. The minimum Gasteiger partial charge on any atom is -0.352 e. The number of carbonyl (C=O) groups is 1. The molecule has 1 unspecified atom stereocenters. The average Bonchev–Trinajstić information content (AvgIpc) is 2.89. The Labute approximate surface area is 119 Å². The highest BCUT2D eigenvalue weighted by molar-refractivity contribution is 7.99. The maximum Gasteiger partial charge on any atom is 0.288 e. The van der Waals surface area contributed by atoms with Gasteiger partial charge in [-0.1, -0.05) is 11.6 Å². The molecule has 0 aromatic heterocycles. The number of benzene rings is 1. The molecule has 1 atom stereocenters. The van der Waals surface area contributed by atoms with E-state index in [-0.39, 0.29) is 22.2 Å². The van der Waals surface area contributed by atoms with Crippen molar-refractivity contribution in [2.45, 2.75) is 6.42 Å². The fourth-order valence-corrected chi connectivity index (χ4v) is 3.35. The molecule has 1 fully saturated rings. The summed E-state index contributed by atoms with van der Waals surface area (Å²) in [6.45, 7) is 0.613. The second kappa shape index (κ2) is 6.25. The first-order valence-electron chi connectivity index (χ1n) is 5.88. The topological polar surface area (TPSA) is 72.2 Å². The third-order valence-electron chi connectivity index (χ3n) is 2.98. The summed E-state index contributed by atoms with van der Waals surface area (Å²) >= 11 is 7.58. The summed E-state index contributed by atoms with van der Waals surface area (Å²) in [4.78, 5) is 22.1. The summed E-state index contributed by atoms with van der Waals surface area (Å²) in [5.41, 5.74) is 0.0208. The fraction of sp³-hybridized carbons (Fsp3) is 0.417. The highest BCUT2D eigenvalue weighted by atomic mass is 35.5. The maximum atomic E-state index is 11.9. The van der Waals surface area contributed by atoms with E-state index in [1.165, 1.54) is 18.2 Å². The van der Waals surface area contributed by atoms with Crippen LogP contribution in [0, 0.1) is 16.0 Å². The molecule has 0 aliphatic carbocycles. The van der Waals surface area contributed by atoms with Crippen molar-refractivity contribution in [3.63, 3.8) is 0 Å². The molecule has 102 valence electrons. The predicted octanol–water partition coefficient (Wildman–Crippen LogP) is 2.73. The summed E-state index contributed by atoms with van der Waals surface area (Å²) in [6, 6.07) is 4.08. The molecule has 1 saturated heterocycles. The lowest BCUT2D eigenvalue weighted by molar-refractivity contribution is -0.384. The number of carbonyl (C=O) groups excluding carboxylic acids is 1. The first kappa shape index (κ1) is 14.1. The molecule has 1 aliphatic heterocycles. The van der Waals surface area contributed by atoms with Crippen LogP contribution >= 0.6 is 23.4 Å². The molecule has 1 N–H and O–H groups in total. The summed E-state index contributed by atoms with van der Waals surface area (Å²) in [5.74, 6) is 2.39. The van der Waals surface area contributed by atoms with E-state index in [2.05, 4.69) is 5.32 Å². The molecule has 0 saturated carbocycles. The van der Waals surface area contributed by atoms with Crippen LogP contribution in [-0.4, -0.2) is 28.9 Å². The number of nitrogens with one attached hydrogen (secondary N) is 1. The van der Waals surface area contributed by atoms with Gasteiger partial charge in [0.2, 0.25) is 0 Å². The number of rotatable bonds is 4. The van der Waals surface area contributed by atoms with E-state index in [0.717, 1.165) is 17.9 Å². The van der Waals surface area contributed by atoms with Crippen LogP contribution in [0.4, 0.5) is 5.69 Å². The molecule has 7 heteroatoms. The molecule has 1 aliphatic rings. The van der Waals surface area contributed by atoms with E-state index < -0.39 is 4.92 Å². The SMILES string of the molecule is O=C(NCC1CCSC1)c1ccc(Cl)c([N+](=O)[O-])c1. The number of nitrogens with zero attached hydrogens (tertiary/aromatic N) is 1. The van der Waals surface area contributed by atoms with Crippen molar-refractivity contribution >= 4 is 35.0 Å². The Bertz CT molecular complexity index is 504. The van der Waals surface area contributed by atoms with Crippen LogP contribution in [0.1, 0.15) is 16.8 Å². The van der Waals surface area contributed by atoms with Crippen LogP contribution in [0.2, 0.25) is 5.02 Å². The zero-order valence-electron chi connectivity index (χ0n) is 10.1. The van der Waals surface area contributed by atoms with Crippen molar-refractivity contribution in [1.29, 1.82) is 0 Å². The second-order valence-corrected chi connectivity index (χ2v) is 5.92. The number of halogens is 1. The molecule has 0 spiro atoms. The normalized spacial score (nSPS) is 18.3. The van der Waals surface area contributed by atoms with E-state index in [0.29, 0.717) is 12.5 Å². The van der Waals surface area contributed by atoms with Crippen molar-refractivity contribution < 1.29 is 9.72 Å². The monoisotopic (exact) mass is 300 g/mol. The van der Waals surface area contributed by atoms with Crippen molar-refractivity contribution in [2.24, 2.45) is 5.92 Å². The number of hydrogen-bond donors (Lipinski definition) is 1. The second-order valence-electron chi connectivity index (χ2n) is 4.36. The van der Waals surface area contributed by atoms with Gasteiger partial charge in [-0.05, 0) is 36.0 Å². The molecule has 19 heavy (non-hydrogen) atoms. The molecular formula is C12H13ClN2O3S. The van der Waals surface area contributed by atoms with Gasteiger partial charge in [-0.25, -0.2) is 0 Å². The Balaban J connectivity index is 2.02. The number of nitro groups is 1. The van der Waals surface area contributed by atoms with Crippen LogP contribution in [-0.2, 0) is 0 Å². The number of nitro benzene ring substituents is 1. The van der Waals surface area contributed by atoms with Crippen LogP contribution < -0.4 is 5.32 Å². The van der Waals surface area contributed by atoms with Crippen LogP contribution in [0.3, 0.4) is 0 Å². The van der Waals surface area contributed by atoms with E-state index >= 15 is 0 Å². The smallest absolute Gasteiger partial charge is 0.288 e. The van der Waals surface area contributed by atoms with Gasteiger partial charge in [-0.15, -0.1) is 0 Å². The van der Waals surface area contributed by atoms with Gasteiger partial charge in [0.25, 0.3) is 11.6 Å². The van der Waals surface area contributed by atoms with Crippen LogP contribution in [0.25, 0.3) is 0 Å². The molecule has 1 aromatic rings. The molecular weight excluding hydrogens is 288 g/mol. The van der Waals surface area contributed by atoms with Crippen molar-refractivity contribution in [3.05, 3.63) is 38.9 Å². The lowest BCUT2D eigenvalue weighted by Crippen LogP contribution is -2.29. The first-order chi connectivity index (χ1) is 9.08. The maximum absolute atomic E-state index is 11.9. The van der Waals surface area contributed by atoms with Gasteiger partial charge in [0.15, 0.2) is 0 Å². The summed E-state index contributed by atoms with van der Waals surface area (Å²) < 4.78 is 0. The van der Waals surface area contributed by atoms with E-state index in [1.807, 2.05) is 11.8 Å². The summed E-state index contributed by atoms with van der Waals surface area (Å²) in [6.07, 6.45) is 1.10. The van der Waals surface area contributed by atoms with Crippen LogP contribution in [0.15, 0.2) is 18.2 Å². The number of amides is 1. The molecule has 2 rings (SSSR count). The van der Waals surface area contributed by atoms with Crippen molar-refractivity contribution in [1.82, 2.24) is 5.32 Å². The third kappa shape index (κ3) is 3.61. The average molecular weight is 301 g/mol. The van der Waals surface area contributed by atoms with E-state index in [9.17, 15) is 14.9 Å². The Hall–Kier alpha value is -1.27. The summed E-state index contributed by atoms with van der Waals surface area (Å²) in [5, 5.41) is 13.6. The van der Waals surface area contributed by atoms with Crippen molar-refractivity contribution in [2.75, 3.05) is 18.1 Å². The third-order valence-corrected chi connectivity index (χ3v) is 4.53. The number of thioether (sulfide) groups is 1.